The number of nitrogens with zero attached hydrogens (tertiary/aromatic N) is 5. The van der Waals surface area contributed by atoms with Crippen LogP contribution in [0.4, 0.5) is 4.39 Å². The van der Waals surface area contributed by atoms with Gasteiger partial charge in [-0.3, -0.25) is 4.79 Å². The molecule has 0 radical (unpaired) electrons. The maximum atomic E-state index is 13.0. The van der Waals surface area contributed by atoms with E-state index >= 15 is 0 Å². The highest BCUT2D eigenvalue weighted by molar-refractivity contribution is 7.09. The fraction of sp³-hybridized carbons (Fsp3) is 0.353. The molecule has 0 saturated heterocycles. The van der Waals surface area contributed by atoms with Gasteiger partial charge in [-0.05, 0) is 49.1 Å². The lowest BCUT2D eigenvalue weighted by Gasteiger charge is -2.10. The van der Waals surface area contributed by atoms with Gasteiger partial charge >= 0.3 is 0 Å². The highest BCUT2D eigenvalue weighted by Gasteiger charge is 2.17. The first-order valence-corrected chi connectivity index (χ1v) is 9.23. The molecular weight excluding hydrogens is 371 g/mol. The second-order valence-electron chi connectivity index (χ2n) is 5.83. The number of halogens is 1. The third-order valence-electron chi connectivity index (χ3n) is 3.83. The molecule has 1 amide bonds. The normalized spacial score (nSPS) is 10.9. The molecule has 0 aliphatic carbocycles. The van der Waals surface area contributed by atoms with Crippen LogP contribution in [0, 0.1) is 12.7 Å². The first kappa shape index (κ1) is 19.1. The number of aromatic nitrogens is 5. The average Bonchev–Trinajstić information content (AvgIpc) is 3.26. The lowest BCUT2D eigenvalue weighted by atomic mass is 10.2. The largest absolute Gasteiger partial charge is 0.396 e. The van der Waals surface area contributed by atoms with Crippen LogP contribution in [0.5, 0.6) is 0 Å². The zero-order valence-corrected chi connectivity index (χ0v) is 15.5. The molecule has 2 N–H and O–H groups in total. The molecular formula is C17H19FN6O2S. The van der Waals surface area contributed by atoms with Crippen molar-refractivity contribution >= 4 is 17.4 Å². The first-order chi connectivity index (χ1) is 13.1. The van der Waals surface area contributed by atoms with E-state index in [0.29, 0.717) is 54.0 Å². The Morgan fingerprint density at radius 3 is 2.74 bits per heavy atom. The molecule has 0 spiro atoms. The molecule has 8 nitrogen and oxygen atoms in total. The summed E-state index contributed by atoms with van der Waals surface area (Å²) in [6.07, 6.45) is 1.13. The predicted octanol–water partition coefficient (Wildman–Crippen LogP) is 1.60. The van der Waals surface area contributed by atoms with Crippen LogP contribution in [0.2, 0.25) is 0 Å². The third kappa shape index (κ3) is 4.72. The lowest BCUT2D eigenvalue weighted by molar-refractivity contribution is 0.0952. The third-order valence-corrected chi connectivity index (χ3v) is 4.63. The molecule has 142 valence electrons. The molecule has 0 aliphatic rings. The second kappa shape index (κ2) is 8.78. The van der Waals surface area contributed by atoms with Crippen LogP contribution in [0.15, 0.2) is 24.3 Å². The molecule has 3 aromatic rings. The molecule has 27 heavy (non-hydrogen) atoms. The van der Waals surface area contributed by atoms with E-state index in [1.807, 2.05) is 4.57 Å². The van der Waals surface area contributed by atoms with Crippen LogP contribution < -0.4 is 5.32 Å². The van der Waals surface area contributed by atoms with Crippen LogP contribution in [-0.4, -0.2) is 48.3 Å². The molecule has 2 aromatic heterocycles. The minimum atomic E-state index is -0.387. The summed E-state index contributed by atoms with van der Waals surface area (Å²) < 4.78 is 19.0. The fourth-order valence-electron chi connectivity index (χ4n) is 2.52. The monoisotopic (exact) mass is 390 g/mol. The van der Waals surface area contributed by atoms with Gasteiger partial charge in [-0.25, -0.2) is 9.37 Å². The van der Waals surface area contributed by atoms with Crippen molar-refractivity contribution in [2.45, 2.75) is 26.3 Å². The van der Waals surface area contributed by atoms with Crippen LogP contribution in [0.1, 0.15) is 28.4 Å². The van der Waals surface area contributed by atoms with Crippen molar-refractivity contribution in [1.29, 1.82) is 0 Å². The molecule has 3 rings (SSSR count). The smallest absolute Gasteiger partial charge is 0.251 e. The van der Waals surface area contributed by atoms with Crippen molar-refractivity contribution < 1.29 is 14.3 Å². The number of carbonyl (C=O) groups is 1. The highest BCUT2D eigenvalue weighted by atomic mass is 32.1. The maximum Gasteiger partial charge on any atom is 0.251 e. The predicted molar refractivity (Wildman–Crippen MR) is 97.8 cm³/mol. The Hall–Kier alpha value is -2.72. The van der Waals surface area contributed by atoms with Crippen molar-refractivity contribution in [2.24, 2.45) is 0 Å². The summed E-state index contributed by atoms with van der Waals surface area (Å²) in [5, 5.41) is 20.9. The number of aliphatic hydroxyl groups excluding tert-OH is 1. The first-order valence-electron chi connectivity index (χ1n) is 8.46. The van der Waals surface area contributed by atoms with Gasteiger partial charge in [-0.1, -0.05) is 0 Å². The van der Waals surface area contributed by atoms with E-state index < -0.39 is 0 Å². The van der Waals surface area contributed by atoms with Gasteiger partial charge in [0.25, 0.3) is 5.91 Å². The summed E-state index contributed by atoms with van der Waals surface area (Å²) in [6, 6.07) is 5.37. The summed E-state index contributed by atoms with van der Waals surface area (Å²) in [5.74, 6) is 1.29. The summed E-state index contributed by atoms with van der Waals surface area (Å²) in [6.45, 7) is 2.64. The number of carbonyl (C=O) groups excluding carboxylic acids is 1. The Bertz CT molecular complexity index is 909. The molecule has 10 heteroatoms. The number of benzene rings is 1. The van der Waals surface area contributed by atoms with Gasteiger partial charge in [-0.15, -0.1) is 10.2 Å². The zero-order chi connectivity index (χ0) is 19.2. The van der Waals surface area contributed by atoms with Gasteiger partial charge in [0.15, 0.2) is 10.8 Å². The molecule has 0 atom stereocenters. The Labute approximate surface area is 159 Å². The molecule has 1 aromatic carbocycles. The minimum Gasteiger partial charge on any atom is -0.396 e. The number of rotatable bonds is 8. The zero-order valence-electron chi connectivity index (χ0n) is 14.7. The van der Waals surface area contributed by atoms with Gasteiger partial charge in [0.2, 0.25) is 0 Å². The van der Waals surface area contributed by atoms with Crippen molar-refractivity contribution in [1.82, 2.24) is 29.4 Å². The lowest BCUT2D eigenvalue weighted by Crippen LogP contribution is -2.28. The fourth-order valence-corrected chi connectivity index (χ4v) is 3.19. The van der Waals surface area contributed by atoms with E-state index in [9.17, 15) is 9.18 Å². The van der Waals surface area contributed by atoms with Crippen molar-refractivity contribution in [3.05, 3.63) is 47.3 Å². The van der Waals surface area contributed by atoms with Crippen LogP contribution in [0.25, 0.3) is 10.8 Å². The number of aliphatic hydroxyl groups is 1. The number of nitrogens with one attached hydrogen (secondary N) is 1. The van der Waals surface area contributed by atoms with Crippen LogP contribution in [-0.2, 0) is 13.0 Å². The van der Waals surface area contributed by atoms with Gasteiger partial charge in [-0.2, -0.15) is 4.37 Å². The highest BCUT2D eigenvalue weighted by Crippen LogP contribution is 2.20. The van der Waals surface area contributed by atoms with Crippen molar-refractivity contribution in [3.63, 3.8) is 0 Å². The Morgan fingerprint density at radius 1 is 1.30 bits per heavy atom. The quantitative estimate of drug-likeness (QED) is 0.605. The second-order valence-corrected chi connectivity index (χ2v) is 6.58. The summed E-state index contributed by atoms with van der Waals surface area (Å²) in [4.78, 5) is 16.5. The van der Waals surface area contributed by atoms with E-state index in [2.05, 4.69) is 24.9 Å². The number of hydrogen-bond donors (Lipinski definition) is 2. The molecule has 0 fully saturated rings. The Balaban J connectivity index is 1.71. The van der Waals surface area contributed by atoms with Crippen molar-refractivity contribution in [2.75, 3.05) is 13.2 Å². The SMILES string of the molecule is Cc1nsc(-c2nnc(CCCO)n2CCNC(=O)c2ccc(F)cc2)n1. The van der Waals surface area contributed by atoms with E-state index in [1.165, 1.54) is 35.8 Å². The Morgan fingerprint density at radius 2 is 2.07 bits per heavy atom. The number of amides is 1. The maximum absolute atomic E-state index is 13.0. The van der Waals surface area contributed by atoms with E-state index in [-0.39, 0.29) is 18.3 Å². The summed E-state index contributed by atoms with van der Waals surface area (Å²) in [7, 11) is 0. The molecule has 2 heterocycles. The van der Waals surface area contributed by atoms with E-state index in [4.69, 9.17) is 5.11 Å². The molecule has 0 aliphatic heterocycles. The van der Waals surface area contributed by atoms with Gasteiger partial charge < -0.3 is 15.0 Å². The molecule has 0 saturated carbocycles. The van der Waals surface area contributed by atoms with E-state index in [0.717, 1.165) is 0 Å². The molecule has 0 bridgehead atoms. The van der Waals surface area contributed by atoms with Crippen molar-refractivity contribution in [3.8, 4) is 10.8 Å². The summed E-state index contributed by atoms with van der Waals surface area (Å²) >= 11 is 1.24. The molecule has 0 unspecified atom stereocenters. The van der Waals surface area contributed by atoms with Crippen LogP contribution >= 0.6 is 11.5 Å². The van der Waals surface area contributed by atoms with E-state index in [1.54, 1.807) is 6.92 Å². The number of aryl methyl sites for hydroxylation is 2. The van der Waals surface area contributed by atoms with Gasteiger partial charge in [0, 0.05) is 31.7 Å². The minimum absolute atomic E-state index is 0.0570. The van der Waals surface area contributed by atoms with Gasteiger partial charge in [0.1, 0.15) is 17.5 Å². The summed E-state index contributed by atoms with van der Waals surface area (Å²) in [5.41, 5.74) is 0.389. The average molecular weight is 390 g/mol. The number of hydrogen-bond acceptors (Lipinski definition) is 7. The standard InChI is InChI=1S/C17H19FN6O2S/c1-11-20-17(27-23-11)15-22-21-14(3-2-10-25)24(15)9-8-19-16(26)12-4-6-13(18)7-5-12/h4-7,25H,2-3,8-10H2,1H3,(H,19,26). The van der Waals surface area contributed by atoms with Gasteiger partial charge in [0.05, 0.1) is 0 Å². The topological polar surface area (TPSA) is 106 Å². The van der Waals surface area contributed by atoms with Crippen LogP contribution in [0.3, 0.4) is 0 Å². The Kier molecular flexibility index (Phi) is 6.20.